The molecule has 0 amide bonds. The summed E-state index contributed by atoms with van der Waals surface area (Å²) in [6.07, 6.45) is 1.33. The molecule has 12 heteroatoms. The normalized spacial score (nSPS) is 14.9. The lowest BCUT2D eigenvalue weighted by molar-refractivity contribution is 0.297. The van der Waals surface area contributed by atoms with Crippen LogP contribution in [0.15, 0.2) is 53.5 Å². The summed E-state index contributed by atoms with van der Waals surface area (Å²) in [4.78, 5) is 15.1. The van der Waals surface area contributed by atoms with Gasteiger partial charge in [-0.05, 0) is 43.7 Å². The maximum absolute atomic E-state index is 13.8. The highest BCUT2D eigenvalue weighted by Crippen LogP contribution is 2.27. The topological polar surface area (TPSA) is 84.7 Å². The van der Waals surface area contributed by atoms with Gasteiger partial charge in [-0.2, -0.15) is 14.1 Å². The van der Waals surface area contributed by atoms with Gasteiger partial charge in [0.2, 0.25) is 15.8 Å². The standard InChI is InChI=1S/C24H25F3N4O4S/c1-16(2)36(33,34)30-8-6-29(7-9-30)22-14-28-31(21-12-19(26)11-20(27)13-21)24(32)23(22)35-15-17-4-3-5-18(25)10-17/h3-5,10-14,16H,6-9,15H2,1-2H3. The van der Waals surface area contributed by atoms with Gasteiger partial charge in [0.05, 0.1) is 17.1 Å². The van der Waals surface area contributed by atoms with E-state index in [0.717, 1.165) is 16.8 Å². The van der Waals surface area contributed by atoms with Crippen molar-refractivity contribution in [2.75, 3.05) is 31.1 Å². The highest BCUT2D eigenvalue weighted by atomic mass is 32.2. The van der Waals surface area contributed by atoms with Gasteiger partial charge >= 0.3 is 5.56 Å². The fourth-order valence-corrected chi connectivity index (χ4v) is 5.17. The van der Waals surface area contributed by atoms with E-state index in [4.69, 9.17) is 4.74 Å². The predicted molar refractivity (Wildman–Crippen MR) is 128 cm³/mol. The minimum absolute atomic E-state index is 0.132. The minimum atomic E-state index is -3.44. The van der Waals surface area contributed by atoms with E-state index in [1.165, 1.54) is 28.7 Å². The zero-order chi connectivity index (χ0) is 26.0. The smallest absolute Gasteiger partial charge is 0.316 e. The van der Waals surface area contributed by atoms with Gasteiger partial charge in [-0.15, -0.1) is 0 Å². The highest BCUT2D eigenvalue weighted by molar-refractivity contribution is 7.89. The SMILES string of the molecule is CC(C)S(=O)(=O)N1CCN(c2cnn(-c3cc(F)cc(F)c3)c(=O)c2OCc2cccc(F)c2)CC1. The van der Waals surface area contributed by atoms with Gasteiger partial charge in [-0.1, -0.05) is 12.1 Å². The summed E-state index contributed by atoms with van der Waals surface area (Å²) in [5.41, 5.74) is -0.141. The van der Waals surface area contributed by atoms with Gasteiger partial charge in [0.15, 0.2) is 0 Å². The van der Waals surface area contributed by atoms with Crippen LogP contribution in [0.5, 0.6) is 5.75 Å². The molecular weight excluding hydrogens is 497 g/mol. The third-order valence-electron chi connectivity index (χ3n) is 5.81. The Morgan fingerprint density at radius 2 is 1.64 bits per heavy atom. The average molecular weight is 523 g/mol. The number of halogens is 3. The Morgan fingerprint density at radius 1 is 0.972 bits per heavy atom. The van der Waals surface area contributed by atoms with Crippen molar-refractivity contribution in [2.45, 2.75) is 25.7 Å². The largest absolute Gasteiger partial charge is 0.481 e. The van der Waals surface area contributed by atoms with E-state index < -0.39 is 38.3 Å². The van der Waals surface area contributed by atoms with Crippen LogP contribution in [0.2, 0.25) is 0 Å². The molecule has 1 aliphatic rings. The second kappa shape index (κ2) is 10.3. The molecule has 0 unspecified atom stereocenters. The van der Waals surface area contributed by atoms with Crippen LogP contribution >= 0.6 is 0 Å². The van der Waals surface area contributed by atoms with E-state index in [1.54, 1.807) is 24.8 Å². The fraction of sp³-hybridized carbons (Fsp3) is 0.333. The lowest BCUT2D eigenvalue weighted by Crippen LogP contribution is -2.50. The van der Waals surface area contributed by atoms with E-state index >= 15 is 0 Å². The van der Waals surface area contributed by atoms with Crippen LogP contribution in [-0.2, 0) is 16.6 Å². The molecule has 192 valence electrons. The molecular formula is C24H25F3N4O4S. The number of ether oxygens (including phenoxy) is 1. The van der Waals surface area contributed by atoms with Gasteiger partial charge in [-0.25, -0.2) is 21.6 Å². The van der Waals surface area contributed by atoms with Crippen LogP contribution in [0.3, 0.4) is 0 Å². The Morgan fingerprint density at radius 3 is 2.25 bits per heavy atom. The average Bonchev–Trinajstić information content (AvgIpc) is 2.82. The molecule has 2 heterocycles. The number of hydrogen-bond donors (Lipinski definition) is 0. The fourth-order valence-electron chi connectivity index (χ4n) is 3.90. The van der Waals surface area contributed by atoms with Crippen molar-refractivity contribution in [1.29, 1.82) is 0 Å². The molecule has 1 fully saturated rings. The summed E-state index contributed by atoms with van der Waals surface area (Å²) >= 11 is 0. The first-order valence-electron chi connectivity index (χ1n) is 11.3. The van der Waals surface area contributed by atoms with Gasteiger partial charge in [-0.3, -0.25) is 4.79 Å². The van der Waals surface area contributed by atoms with E-state index in [9.17, 15) is 26.4 Å². The summed E-state index contributed by atoms with van der Waals surface area (Å²) in [5, 5.41) is 3.53. The number of piperazine rings is 1. The van der Waals surface area contributed by atoms with E-state index in [2.05, 4.69) is 5.10 Å². The van der Waals surface area contributed by atoms with Crippen LogP contribution in [0.1, 0.15) is 19.4 Å². The zero-order valence-corrected chi connectivity index (χ0v) is 20.5. The Hall–Kier alpha value is -3.38. The van der Waals surface area contributed by atoms with Crippen molar-refractivity contribution in [3.05, 3.63) is 82.0 Å². The Labute approximate surface area is 206 Å². The van der Waals surface area contributed by atoms with Crippen LogP contribution in [0.25, 0.3) is 5.69 Å². The van der Waals surface area contributed by atoms with Crippen molar-refractivity contribution in [3.8, 4) is 11.4 Å². The molecule has 0 N–H and O–H groups in total. The van der Waals surface area contributed by atoms with Crippen LogP contribution < -0.4 is 15.2 Å². The van der Waals surface area contributed by atoms with E-state index in [-0.39, 0.29) is 44.2 Å². The van der Waals surface area contributed by atoms with E-state index in [0.29, 0.717) is 17.3 Å². The number of aromatic nitrogens is 2. The highest BCUT2D eigenvalue weighted by Gasteiger charge is 2.31. The first-order chi connectivity index (χ1) is 17.1. The third-order valence-corrected chi connectivity index (χ3v) is 8.09. The molecule has 0 aliphatic carbocycles. The lowest BCUT2D eigenvalue weighted by Gasteiger charge is -2.36. The van der Waals surface area contributed by atoms with Crippen molar-refractivity contribution in [1.82, 2.24) is 14.1 Å². The van der Waals surface area contributed by atoms with Crippen molar-refractivity contribution < 1.29 is 26.3 Å². The summed E-state index contributed by atoms with van der Waals surface area (Å²) < 4.78 is 74.3. The Kier molecular flexibility index (Phi) is 7.36. The summed E-state index contributed by atoms with van der Waals surface area (Å²) in [6.45, 7) is 4.00. The molecule has 0 radical (unpaired) electrons. The molecule has 2 aromatic carbocycles. The second-order valence-corrected chi connectivity index (χ2v) is 11.1. The number of anilines is 1. The summed E-state index contributed by atoms with van der Waals surface area (Å²) in [5.74, 6) is -2.39. The maximum Gasteiger partial charge on any atom is 0.316 e. The van der Waals surface area contributed by atoms with Gasteiger partial charge < -0.3 is 9.64 Å². The van der Waals surface area contributed by atoms with Crippen molar-refractivity contribution in [2.24, 2.45) is 0 Å². The maximum atomic E-state index is 13.8. The molecule has 1 aromatic heterocycles. The summed E-state index contributed by atoms with van der Waals surface area (Å²) in [7, 11) is -3.44. The first kappa shape index (κ1) is 25.7. The first-order valence-corrected chi connectivity index (χ1v) is 12.8. The number of hydrogen-bond acceptors (Lipinski definition) is 6. The molecule has 0 atom stereocenters. The Bertz CT molecular complexity index is 1400. The lowest BCUT2D eigenvalue weighted by atomic mass is 10.2. The molecule has 3 aromatic rings. The summed E-state index contributed by atoms with van der Waals surface area (Å²) in [6, 6.07) is 8.26. The number of nitrogens with zero attached hydrogens (tertiary/aromatic N) is 4. The number of rotatable bonds is 7. The predicted octanol–water partition coefficient (Wildman–Crippen LogP) is 3.09. The second-order valence-electron chi connectivity index (χ2n) is 8.60. The third kappa shape index (κ3) is 5.39. The molecule has 0 saturated carbocycles. The van der Waals surface area contributed by atoms with Gasteiger partial charge in [0, 0.05) is 32.2 Å². The monoisotopic (exact) mass is 522 g/mol. The Balaban J connectivity index is 1.69. The molecule has 0 bridgehead atoms. The molecule has 0 spiro atoms. The quantitative estimate of drug-likeness (QED) is 0.474. The molecule has 4 rings (SSSR count). The molecule has 1 saturated heterocycles. The number of sulfonamides is 1. The van der Waals surface area contributed by atoms with Crippen LogP contribution in [0.4, 0.5) is 18.9 Å². The van der Waals surface area contributed by atoms with Crippen LogP contribution in [0, 0.1) is 17.5 Å². The van der Waals surface area contributed by atoms with Crippen LogP contribution in [-0.4, -0.2) is 53.9 Å². The molecule has 36 heavy (non-hydrogen) atoms. The molecule has 8 nitrogen and oxygen atoms in total. The van der Waals surface area contributed by atoms with Gasteiger partial charge in [0.25, 0.3) is 0 Å². The zero-order valence-electron chi connectivity index (χ0n) is 19.7. The van der Waals surface area contributed by atoms with Gasteiger partial charge in [0.1, 0.15) is 29.7 Å². The van der Waals surface area contributed by atoms with Crippen molar-refractivity contribution in [3.63, 3.8) is 0 Å². The number of benzene rings is 2. The molecule has 1 aliphatic heterocycles. The van der Waals surface area contributed by atoms with Crippen molar-refractivity contribution >= 4 is 15.7 Å². The van der Waals surface area contributed by atoms with E-state index in [1.807, 2.05) is 0 Å². The minimum Gasteiger partial charge on any atom is -0.481 e.